The van der Waals surface area contributed by atoms with E-state index in [1.54, 1.807) is 0 Å². The van der Waals surface area contributed by atoms with Gasteiger partial charge >= 0.3 is 5.97 Å². The molecule has 0 bridgehead atoms. The van der Waals surface area contributed by atoms with Gasteiger partial charge in [-0.2, -0.15) is 0 Å². The molecule has 0 radical (unpaired) electrons. The van der Waals surface area contributed by atoms with Crippen LogP contribution in [0.1, 0.15) is 12.8 Å². The Hall–Kier alpha value is -0.610. The molecule has 1 unspecified atom stereocenters. The van der Waals surface area contributed by atoms with E-state index in [9.17, 15) is 4.79 Å². The molecule has 0 saturated heterocycles. The summed E-state index contributed by atoms with van der Waals surface area (Å²) in [5.41, 5.74) is 10.1. The van der Waals surface area contributed by atoms with Crippen LogP contribution in [-0.2, 0) is 4.79 Å². The first kappa shape index (κ1) is 6.51. The van der Waals surface area contributed by atoms with Crippen molar-refractivity contribution in [3.05, 3.63) is 0 Å². The fourth-order valence-corrected chi connectivity index (χ4v) is 0.701. The van der Waals surface area contributed by atoms with Crippen molar-refractivity contribution in [2.75, 3.05) is 0 Å². The van der Waals surface area contributed by atoms with Crippen LogP contribution in [-0.4, -0.2) is 22.7 Å². The molecule has 1 saturated carbocycles. The summed E-state index contributed by atoms with van der Waals surface area (Å²) < 4.78 is 0. The maximum atomic E-state index is 10.2. The van der Waals surface area contributed by atoms with Gasteiger partial charge in [-0.15, -0.1) is 0 Å². The lowest BCUT2D eigenvalue weighted by atomic mass is 10.1. The minimum absolute atomic E-state index is 0.591. The zero-order chi connectivity index (χ0) is 7.07. The topological polar surface area (TPSA) is 89.3 Å². The van der Waals surface area contributed by atoms with Crippen molar-refractivity contribution in [2.45, 2.75) is 24.4 Å². The van der Waals surface area contributed by atoms with Crippen molar-refractivity contribution in [3.63, 3.8) is 0 Å². The van der Waals surface area contributed by atoms with Crippen LogP contribution in [0.15, 0.2) is 0 Å². The summed E-state index contributed by atoms with van der Waals surface area (Å²) in [7, 11) is 0. The van der Waals surface area contributed by atoms with Crippen LogP contribution in [0.25, 0.3) is 0 Å². The maximum Gasteiger partial charge on any atom is 0.322 e. The van der Waals surface area contributed by atoms with Gasteiger partial charge in [0.2, 0.25) is 0 Å². The molecular formula is C5H10N2O2. The highest BCUT2D eigenvalue weighted by Crippen LogP contribution is 2.34. The Morgan fingerprint density at radius 1 is 1.67 bits per heavy atom. The van der Waals surface area contributed by atoms with Gasteiger partial charge in [0.15, 0.2) is 0 Å². The Morgan fingerprint density at radius 3 is 2.22 bits per heavy atom. The zero-order valence-corrected chi connectivity index (χ0v) is 5.00. The summed E-state index contributed by atoms with van der Waals surface area (Å²) in [6.07, 6.45) is 1.47. The summed E-state index contributed by atoms with van der Waals surface area (Å²) in [5, 5.41) is 8.35. The molecule has 4 heteroatoms. The number of nitrogens with two attached hydrogens (primary N) is 2. The Labute approximate surface area is 52.8 Å². The number of rotatable bonds is 2. The van der Waals surface area contributed by atoms with E-state index < -0.39 is 17.6 Å². The predicted molar refractivity (Wildman–Crippen MR) is 31.8 cm³/mol. The SMILES string of the molecule is NC(C(=O)O)C1(N)CC1. The highest BCUT2D eigenvalue weighted by atomic mass is 16.4. The number of carbonyl (C=O) groups is 1. The van der Waals surface area contributed by atoms with Crippen LogP contribution in [0, 0.1) is 0 Å². The first-order chi connectivity index (χ1) is 4.06. The van der Waals surface area contributed by atoms with Crippen LogP contribution in [0.3, 0.4) is 0 Å². The monoisotopic (exact) mass is 130 g/mol. The molecule has 4 nitrogen and oxygen atoms in total. The first-order valence-corrected chi connectivity index (χ1v) is 2.83. The molecule has 1 atom stereocenters. The van der Waals surface area contributed by atoms with E-state index in [1.807, 2.05) is 0 Å². The van der Waals surface area contributed by atoms with Crippen molar-refractivity contribution in [3.8, 4) is 0 Å². The average molecular weight is 130 g/mol. The molecule has 1 rings (SSSR count). The van der Waals surface area contributed by atoms with E-state index in [0.717, 1.165) is 12.8 Å². The molecule has 0 aromatic carbocycles. The molecule has 1 fully saturated rings. The molecule has 0 aliphatic heterocycles. The van der Waals surface area contributed by atoms with Crippen molar-refractivity contribution >= 4 is 5.97 Å². The van der Waals surface area contributed by atoms with Crippen LogP contribution in [0.4, 0.5) is 0 Å². The highest BCUT2D eigenvalue weighted by Gasteiger charge is 2.47. The largest absolute Gasteiger partial charge is 0.480 e. The third-order valence-corrected chi connectivity index (χ3v) is 1.71. The van der Waals surface area contributed by atoms with Crippen LogP contribution in [0.5, 0.6) is 0 Å². The summed E-state index contributed by atoms with van der Waals surface area (Å²) in [4.78, 5) is 10.2. The number of aliphatic carboxylic acids is 1. The molecule has 1 aliphatic carbocycles. The Bertz CT molecular complexity index is 142. The van der Waals surface area contributed by atoms with Gasteiger partial charge in [-0.25, -0.2) is 0 Å². The van der Waals surface area contributed by atoms with E-state index >= 15 is 0 Å². The van der Waals surface area contributed by atoms with Gasteiger partial charge in [-0.05, 0) is 12.8 Å². The number of hydrogen-bond donors (Lipinski definition) is 3. The molecule has 0 amide bonds. The van der Waals surface area contributed by atoms with Crippen LogP contribution < -0.4 is 11.5 Å². The normalized spacial score (nSPS) is 25.1. The number of hydrogen-bond acceptors (Lipinski definition) is 3. The molecule has 0 aromatic rings. The van der Waals surface area contributed by atoms with E-state index in [-0.39, 0.29) is 0 Å². The number of carboxylic acids is 1. The van der Waals surface area contributed by atoms with E-state index in [1.165, 1.54) is 0 Å². The van der Waals surface area contributed by atoms with Gasteiger partial charge in [0.1, 0.15) is 6.04 Å². The second-order valence-electron chi connectivity index (χ2n) is 2.55. The van der Waals surface area contributed by atoms with E-state index in [4.69, 9.17) is 16.6 Å². The maximum absolute atomic E-state index is 10.2. The first-order valence-electron chi connectivity index (χ1n) is 2.83. The van der Waals surface area contributed by atoms with E-state index in [2.05, 4.69) is 0 Å². The minimum atomic E-state index is -1.00. The molecule has 0 aromatic heterocycles. The average Bonchev–Trinajstić information content (AvgIpc) is 2.47. The predicted octanol–water partition coefficient (Wildman–Crippen LogP) is -1.11. The molecule has 52 valence electrons. The van der Waals surface area contributed by atoms with Crippen molar-refractivity contribution in [2.24, 2.45) is 11.5 Å². The van der Waals surface area contributed by atoms with Gasteiger partial charge in [0, 0.05) is 5.54 Å². The second-order valence-corrected chi connectivity index (χ2v) is 2.55. The van der Waals surface area contributed by atoms with Crippen LogP contribution in [0.2, 0.25) is 0 Å². The lowest BCUT2D eigenvalue weighted by Gasteiger charge is -2.12. The van der Waals surface area contributed by atoms with Gasteiger partial charge < -0.3 is 16.6 Å². The Morgan fingerprint density at radius 2 is 2.11 bits per heavy atom. The van der Waals surface area contributed by atoms with Gasteiger partial charge in [-0.1, -0.05) is 0 Å². The highest BCUT2D eigenvalue weighted by molar-refractivity contribution is 5.75. The third-order valence-electron chi connectivity index (χ3n) is 1.71. The van der Waals surface area contributed by atoms with Gasteiger partial charge in [0.05, 0.1) is 0 Å². The fourth-order valence-electron chi connectivity index (χ4n) is 0.701. The quantitative estimate of drug-likeness (QED) is 0.442. The molecular weight excluding hydrogens is 120 g/mol. The molecule has 0 heterocycles. The zero-order valence-electron chi connectivity index (χ0n) is 5.00. The smallest absolute Gasteiger partial charge is 0.322 e. The summed E-state index contributed by atoms with van der Waals surface area (Å²) in [6.45, 7) is 0. The third kappa shape index (κ3) is 1.04. The van der Waals surface area contributed by atoms with Crippen molar-refractivity contribution < 1.29 is 9.90 Å². The van der Waals surface area contributed by atoms with Gasteiger partial charge in [-0.3, -0.25) is 4.79 Å². The van der Waals surface area contributed by atoms with Gasteiger partial charge in [0.25, 0.3) is 0 Å². The van der Waals surface area contributed by atoms with Crippen molar-refractivity contribution in [1.82, 2.24) is 0 Å². The Balaban J connectivity index is 2.52. The van der Waals surface area contributed by atoms with Crippen molar-refractivity contribution in [1.29, 1.82) is 0 Å². The molecule has 5 N–H and O–H groups in total. The number of carboxylic acid groups (broad SMARTS) is 1. The summed E-state index contributed by atoms with van der Waals surface area (Å²) in [5.74, 6) is -1.00. The molecule has 9 heavy (non-hydrogen) atoms. The fraction of sp³-hybridized carbons (Fsp3) is 0.800. The minimum Gasteiger partial charge on any atom is -0.480 e. The summed E-state index contributed by atoms with van der Waals surface area (Å²) >= 11 is 0. The lowest BCUT2D eigenvalue weighted by Crippen LogP contribution is -2.49. The Kier molecular flexibility index (Phi) is 1.22. The standard InChI is InChI=1S/C5H10N2O2/c6-3(4(8)9)5(7)1-2-5/h3H,1-2,6-7H2,(H,8,9). The molecule has 0 spiro atoms. The lowest BCUT2D eigenvalue weighted by molar-refractivity contribution is -0.139. The van der Waals surface area contributed by atoms with Crippen LogP contribution >= 0.6 is 0 Å². The summed E-state index contributed by atoms with van der Waals surface area (Å²) in [6, 6.07) is -0.877. The second kappa shape index (κ2) is 1.68. The molecule has 1 aliphatic rings. The van der Waals surface area contributed by atoms with E-state index in [0.29, 0.717) is 0 Å².